The number of aliphatic hydroxyl groups is 2. The second kappa shape index (κ2) is 9.78. The summed E-state index contributed by atoms with van der Waals surface area (Å²) in [5.74, 6) is -1.56. The van der Waals surface area contributed by atoms with Gasteiger partial charge in [0.15, 0.2) is 29.1 Å². The highest BCUT2D eigenvalue weighted by Gasteiger charge is 2.80. The van der Waals surface area contributed by atoms with E-state index in [0.717, 1.165) is 6.08 Å². The second-order valence-corrected chi connectivity index (χ2v) is 13.2. The van der Waals surface area contributed by atoms with Crippen molar-refractivity contribution in [1.82, 2.24) is 0 Å². The standard InChI is InChI=1S/C34H35F2NO7/c1-31-11-10-20(39)13-25(31)26(35)14-24-23-15-29-34(28(41)17-38,32(23,2)16-27(40)33(24,31)36)44-30(43-29)18-6-8-21(9-7-18)42-22-5-3-4-19(37)12-22/h3-13,23-24,26-27,29-30,38,40H,14-17,37H2,1-2H3. The predicted octanol–water partition coefficient (Wildman–Crippen LogP) is 4.70. The number of halogens is 2. The van der Waals surface area contributed by atoms with Crippen LogP contribution in [0.5, 0.6) is 11.5 Å². The van der Waals surface area contributed by atoms with Crippen molar-refractivity contribution in [3.05, 3.63) is 77.9 Å². The molecule has 7 rings (SSSR count). The first-order valence-corrected chi connectivity index (χ1v) is 14.9. The van der Waals surface area contributed by atoms with Crippen molar-refractivity contribution in [1.29, 1.82) is 0 Å². The number of rotatable bonds is 5. The number of anilines is 1. The molecule has 1 aliphatic heterocycles. The summed E-state index contributed by atoms with van der Waals surface area (Å²) in [7, 11) is 0. The monoisotopic (exact) mass is 607 g/mol. The minimum atomic E-state index is -2.30. The highest BCUT2D eigenvalue weighted by molar-refractivity contribution is 6.01. The lowest BCUT2D eigenvalue weighted by Gasteiger charge is -2.63. The summed E-state index contributed by atoms with van der Waals surface area (Å²) in [5, 5.41) is 21.8. The number of benzene rings is 2. The van der Waals surface area contributed by atoms with E-state index in [9.17, 15) is 19.8 Å². The molecule has 10 unspecified atom stereocenters. The number of hydrogen-bond acceptors (Lipinski definition) is 8. The van der Waals surface area contributed by atoms with E-state index in [1.54, 1.807) is 55.5 Å². The maximum Gasteiger partial charge on any atom is 0.193 e. The molecule has 4 aliphatic carbocycles. The van der Waals surface area contributed by atoms with E-state index < -0.39 is 76.8 Å². The van der Waals surface area contributed by atoms with Gasteiger partial charge in [0.1, 0.15) is 24.3 Å². The number of hydrogen-bond donors (Lipinski definition) is 3. The molecule has 4 fully saturated rings. The van der Waals surface area contributed by atoms with E-state index in [4.69, 9.17) is 19.9 Å². The fourth-order valence-corrected chi connectivity index (χ4v) is 9.12. The van der Waals surface area contributed by atoms with Crippen LogP contribution in [0.1, 0.15) is 45.0 Å². The molecule has 2 aromatic rings. The van der Waals surface area contributed by atoms with Crippen molar-refractivity contribution < 1.29 is 42.8 Å². The largest absolute Gasteiger partial charge is 0.457 e. The van der Waals surface area contributed by atoms with Crippen LogP contribution in [0.4, 0.5) is 14.5 Å². The van der Waals surface area contributed by atoms with E-state index >= 15 is 8.78 Å². The molecule has 2 aromatic carbocycles. The average molecular weight is 608 g/mol. The van der Waals surface area contributed by atoms with Gasteiger partial charge in [0.2, 0.25) is 0 Å². The van der Waals surface area contributed by atoms with Crippen LogP contribution >= 0.6 is 0 Å². The SMILES string of the molecule is CC12C=CC(=O)C=C1C(F)CC1C3CC4OC(c5ccc(Oc6cccc(N)c6)cc5)OC4(C(=O)CO)C3(C)CC(O)C12F. The van der Waals surface area contributed by atoms with E-state index in [1.165, 1.54) is 19.1 Å². The quantitative estimate of drug-likeness (QED) is 0.418. The molecule has 8 nitrogen and oxygen atoms in total. The van der Waals surface area contributed by atoms with Gasteiger partial charge < -0.3 is 30.2 Å². The van der Waals surface area contributed by atoms with Crippen molar-refractivity contribution >= 4 is 17.3 Å². The summed E-state index contributed by atoms with van der Waals surface area (Å²) >= 11 is 0. The van der Waals surface area contributed by atoms with Gasteiger partial charge in [-0.25, -0.2) is 8.78 Å². The lowest BCUT2D eigenvalue weighted by molar-refractivity contribution is -0.235. The highest BCUT2D eigenvalue weighted by atomic mass is 19.1. The number of ketones is 2. The Morgan fingerprint density at radius 2 is 1.86 bits per heavy atom. The molecule has 0 bridgehead atoms. The van der Waals surface area contributed by atoms with Gasteiger partial charge in [-0.3, -0.25) is 9.59 Å². The molecule has 0 spiro atoms. The summed E-state index contributed by atoms with van der Waals surface area (Å²) < 4.78 is 52.1. The third-order valence-electron chi connectivity index (χ3n) is 11.2. The van der Waals surface area contributed by atoms with Gasteiger partial charge in [0, 0.05) is 34.1 Å². The van der Waals surface area contributed by atoms with Gasteiger partial charge in [0.05, 0.1) is 12.2 Å². The first-order chi connectivity index (χ1) is 20.9. The molecule has 5 aliphatic rings. The Kier molecular flexibility index (Phi) is 6.51. The maximum absolute atomic E-state index is 17.5. The number of aliphatic hydroxyl groups excluding tert-OH is 2. The molecule has 1 saturated heterocycles. The Balaban J connectivity index is 1.21. The zero-order valence-electron chi connectivity index (χ0n) is 24.4. The third kappa shape index (κ3) is 3.74. The van der Waals surface area contributed by atoms with Crippen LogP contribution in [0.2, 0.25) is 0 Å². The van der Waals surface area contributed by atoms with E-state index in [-0.39, 0.29) is 24.8 Å². The molecule has 44 heavy (non-hydrogen) atoms. The summed E-state index contributed by atoms with van der Waals surface area (Å²) in [6, 6.07) is 13.9. The third-order valence-corrected chi connectivity index (χ3v) is 11.2. The van der Waals surface area contributed by atoms with Crippen molar-refractivity contribution in [2.45, 2.75) is 69.0 Å². The Labute approximate surface area is 253 Å². The average Bonchev–Trinajstić information content (AvgIpc) is 3.49. The number of nitrogens with two attached hydrogens (primary N) is 1. The molecule has 4 N–H and O–H groups in total. The van der Waals surface area contributed by atoms with Crippen molar-refractivity contribution in [2.75, 3.05) is 12.3 Å². The Bertz CT molecular complexity index is 1590. The first-order valence-electron chi connectivity index (χ1n) is 14.9. The molecular weight excluding hydrogens is 572 g/mol. The lowest BCUT2D eigenvalue weighted by atomic mass is 9.44. The molecule has 10 atom stereocenters. The molecule has 0 amide bonds. The fraction of sp³-hybridized carbons (Fsp3) is 0.471. The molecular formula is C34H35F2NO7. The van der Waals surface area contributed by atoms with Crippen LogP contribution < -0.4 is 10.5 Å². The van der Waals surface area contributed by atoms with Gasteiger partial charge >= 0.3 is 0 Å². The minimum Gasteiger partial charge on any atom is -0.457 e. The topological polar surface area (TPSA) is 128 Å². The number of fused-ring (bicyclic) bond motifs is 7. The van der Waals surface area contributed by atoms with Crippen LogP contribution in [-0.4, -0.2) is 58.0 Å². The Hall–Kier alpha value is -3.44. The fourth-order valence-electron chi connectivity index (χ4n) is 9.12. The normalized spacial score (nSPS) is 42.1. The molecule has 1 heterocycles. The molecule has 10 heteroatoms. The predicted molar refractivity (Wildman–Crippen MR) is 155 cm³/mol. The minimum absolute atomic E-state index is 0.0291. The number of carbonyl (C=O) groups is 2. The van der Waals surface area contributed by atoms with Gasteiger partial charge in [-0.2, -0.15) is 0 Å². The Morgan fingerprint density at radius 1 is 1.11 bits per heavy atom. The van der Waals surface area contributed by atoms with Crippen LogP contribution in [0, 0.1) is 22.7 Å². The second-order valence-electron chi connectivity index (χ2n) is 13.2. The number of allylic oxidation sites excluding steroid dienone is 4. The molecule has 232 valence electrons. The number of Topliss-reactive ketones (excluding diaryl/α,β-unsaturated/α-hetero) is 1. The Morgan fingerprint density at radius 3 is 2.57 bits per heavy atom. The number of alkyl halides is 2. The van der Waals surface area contributed by atoms with E-state index in [1.807, 2.05) is 0 Å². The van der Waals surface area contributed by atoms with Gasteiger partial charge in [-0.15, -0.1) is 0 Å². The van der Waals surface area contributed by atoms with Crippen molar-refractivity contribution in [3.8, 4) is 11.5 Å². The van der Waals surface area contributed by atoms with Gasteiger partial charge in [-0.05, 0) is 74.1 Å². The zero-order valence-corrected chi connectivity index (χ0v) is 24.4. The maximum atomic E-state index is 17.5. The van der Waals surface area contributed by atoms with E-state index in [0.29, 0.717) is 22.7 Å². The summed E-state index contributed by atoms with van der Waals surface area (Å²) in [5.41, 5.74) is 0.297. The zero-order chi connectivity index (χ0) is 31.2. The van der Waals surface area contributed by atoms with Crippen LogP contribution in [0.15, 0.2) is 72.3 Å². The molecule has 0 aromatic heterocycles. The smallest absolute Gasteiger partial charge is 0.193 e. The van der Waals surface area contributed by atoms with Crippen molar-refractivity contribution in [3.63, 3.8) is 0 Å². The van der Waals surface area contributed by atoms with Crippen LogP contribution in [0.3, 0.4) is 0 Å². The van der Waals surface area contributed by atoms with Gasteiger partial charge in [0.25, 0.3) is 0 Å². The summed E-state index contributed by atoms with van der Waals surface area (Å²) in [6.07, 6.45) is -1.59. The van der Waals surface area contributed by atoms with Crippen molar-refractivity contribution in [2.24, 2.45) is 22.7 Å². The highest BCUT2D eigenvalue weighted by Crippen LogP contribution is 2.72. The van der Waals surface area contributed by atoms with Crippen LogP contribution in [-0.2, 0) is 19.1 Å². The lowest BCUT2D eigenvalue weighted by Crippen LogP contribution is -2.70. The molecule has 3 saturated carbocycles. The number of carbonyl (C=O) groups excluding carboxylic acids is 2. The number of ether oxygens (including phenoxy) is 3. The summed E-state index contributed by atoms with van der Waals surface area (Å²) in [4.78, 5) is 25.8. The molecule has 0 radical (unpaired) electrons. The van der Waals surface area contributed by atoms with Gasteiger partial charge in [-0.1, -0.05) is 31.2 Å². The van der Waals surface area contributed by atoms with E-state index in [2.05, 4.69) is 0 Å². The van der Waals surface area contributed by atoms with Crippen LogP contribution in [0.25, 0.3) is 0 Å². The number of nitrogen functional groups attached to an aromatic ring is 1. The summed E-state index contributed by atoms with van der Waals surface area (Å²) in [6.45, 7) is 2.44. The first kappa shape index (κ1) is 29.3.